The van der Waals surface area contributed by atoms with E-state index in [0.717, 1.165) is 11.3 Å². The number of amides is 1. The largest absolute Gasteiger partial charge is 0.349 e. The van der Waals surface area contributed by atoms with Crippen LogP contribution in [-0.2, 0) is 17.1 Å². The zero-order chi connectivity index (χ0) is 18.4. The van der Waals surface area contributed by atoms with Crippen LogP contribution < -0.4 is 5.32 Å². The van der Waals surface area contributed by atoms with Crippen molar-refractivity contribution in [1.82, 2.24) is 25.1 Å². The second kappa shape index (κ2) is 8.57. The molecule has 3 aromatic rings. The maximum Gasteiger partial charge on any atom is 0.220 e. The lowest BCUT2D eigenvalue weighted by molar-refractivity contribution is -0.120. The minimum Gasteiger partial charge on any atom is -0.349 e. The molecule has 0 bridgehead atoms. The number of hydrogen-bond donors (Lipinski definition) is 1. The minimum atomic E-state index is -0.311. The van der Waals surface area contributed by atoms with E-state index in [4.69, 9.17) is 0 Å². The van der Waals surface area contributed by atoms with E-state index < -0.39 is 0 Å². The van der Waals surface area contributed by atoms with Crippen LogP contribution in [0.4, 0.5) is 4.39 Å². The summed E-state index contributed by atoms with van der Waals surface area (Å²) in [6.07, 6.45) is 3.88. The molecule has 8 heteroatoms. The summed E-state index contributed by atoms with van der Waals surface area (Å²) in [7, 11) is 0. The van der Waals surface area contributed by atoms with Crippen molar-refractivity contribution < 1.29 is 9.18 Å². The van der Waals surface area contributed by atoms with Gasteiger partial charge in [-0.1, -0.05) is 18.7 Å². The molecule has 2 heterocycles. The molecule has 0 spiro atoms. The Balaban J connectivity index is 1.86. The van der Waals surface area contributed by atoms with Gasteiger partial charge in [0.2, 0.25) is 5.91 Å². The van der Waals surface area contributed by atoms with Gasteiger partial charge in [-0.05, 0) is 42.0 Å². The summed E-state index contributed by atoms with van der Waals surface area (Å²) in [5.74, 6) is 0.914. The minimum absolute atomic E-state index is 0.0651. The Morgan fingerprint density at radius 3 is 2.58 bits per heavy atom. The number of nitrogens with zero attached hydrogens (tertiary/aromatic N) is 4. The number of aromatic nitrogens is 4. The highest BCUT2D eigenvalue weighted by Gasteiger charge is 2.15. The van der Waals surface area contributed by atoms with Gasteiger partial charge in [0.05, 0.1) is 6.54 Å². The Hall–Kier alpha value is -2.74. The predicted octanol–water partition coefficient (Wildman–Crippen LogP) is 3.12. The Morgan fingerprint density at radius 1 is 1.15 bits per heavy atom. The fourth-order valence-electron chi connectivity index (χ4n) is 2.29. The molecule has 0 unspecified atom stereocenters. The van der Waals surface area contributed by atoms with Gasteiger partial charge in [0.15, 0.2) is 11.0 Å². The number of rotatable bonds is 7. The van der Waals surface area contributed by atoms with E-state index in [1.807, 2.05) is 16.7 Å². The summed E-state index contributed by atoms with van der Waals surface area (Å²) in [6.45, 7) is 2.04. The Morgan fingerprint density at radius 2 is 1.88 bits per heavy atom. The smallest absolute Gasteiger partial charge is 0.220 e. The third kappa shape index (κ3) is 4.45. The van der Waals surface area contributed by atoms with Crippen LogP contribution in [0, 0.1) is 5.82 Å². The molecule has 0 aliphatic heterocycles. The number of nitrogens with one attached hydrogen (secondary N) is 1. The lowest BCUT2D eigenvalue weighted by Gasteiger charge is -2.11. The van der Waals surface area contributed by atoms with E-state index in [2.05, 4.69) is 20.5 Å². The number of thioether (sulfide) groups is 1. The highest BCUT2D eigenvalue weighted by molar-refractivity contribution is 7.98. The lowest BCUT2D eigenvalue weighted by Crippen LogP contribution is -2.23. The Labute approximate surface area is 154 Å². The molecule has 3 rings (SSSR count). The van der Waals surface area contributed by atoms with E-state index in [9.17, 15) is 9.18 Å². The first-order valence-electron chi connectivity index (χ1n) is 8.16. The summed E-state index contributed by atoms with van der Waals surface area (Å²) in [5.41, 5.74) is 1.86. The van der Waals surface area contributed by atoms with Crippen LogP contribution in [0.2, 0.25) is 0 Å². The normalized spacial score (nSPS) is 10.7. The summed E-state index contributed by atoms with van der Waals surface area (Å²) < 4.78 is 15.1. The van der Waals surface area contributed by atoms with Gasteiger partial charge in [0, 0.05) is 30.3 Å². The number of carbonyl (C=O) groups is 1. The fourth-order valence-corrected chi connectivity index (χ4v) is 3.21. The fraction of sp³-hybridized carbons (Fsp3) is 0.222. The van der Waals surface area contributed by atoms with Crippen molar-refractivity contribution in [1.29, 1.82) is 0 Å². The number of pyridine rings is 1. The molecule has 0 saturated heterocycles. The zero-order valence-corrected chi connectivity index (χ0v) is 15.0. The van der Waals surface area contributed by atoms with Crippen molar-refractivity contribution in [3.63, 3.8) is 0 Å². The lowest BCUT2D eigenvalue weighted by atomic mass is 10.3. The van der Waals surface area contributed by atoms with Crippen molar-refractivity contribution in [2.45, 2.75) is 30.8 Å². The van der Waals surface area contributed by atoms with Crippen molar-refractivity contribution in [2.24, 2.45) is 0 Å². The molecule has 6 nitrogen and oxygen atoms in total. The van der Waals surface area contributed by atoms with Crippen LogP contribution in [0.5, 0.6) is 0 Å². The standard InChI is InChI=1S/C18H18FN5OS/c1-2-17(25)21-11-16-22-23-18(26-12-13-7-9-20-10-8-13)24(16)15-5-3-14(19)4-6-15/h3-10H,2,11-12H2,1H3,(H,21,25). The average Bonchev–Trinajstić information content (AvgIpc) is 3.08. The SMILES string of the molecule is CCC(=O)NCc1nnc(SCc2ccncc2)n1-c1ccc(F)cc1. The molecule has 0 atom stereocenters. The summed E-state index contributed by atoms with van der Waals surface area (Å²) >= 11 is 1.52. The number of benzene rings is 1. The highest BCUT2D eigenvalue weighted by Crippen LogP contribution is 2.25. The van der Waals surface area contributed by atoms with E-state index in [1.165, 1.54) is 23.9 Å². The molecule has 0 saturated carbocycles. The first-order chi connectivity index (χ1) is 12.7. The molecule has 1 aromatic carbocycles. The van der Waals surface area contributed by atoms with Crippen LogP contribution in [0.3, 0.4) is 0 Å². The van der Waals surface area contributed by atoms with Gasteiger partial charge >= 0.3 is 0 Å². The molecule has 0 aliphatic carbocycles. The van der Waals surface area contributed by atoms with Crippen molar-refractivity contribution in [3.8, 4) is 5.69 Å². The summed E-state index contributed by atoms with van der Waals surface area (Å²) in [4.78, 5) is 15.6. The summed E-state index contributed by atoms with van der Waals surface area (Å²) in [6, 6.07) is 9.99. The van der Waals surface area contributed by atoms with Crippen LogP contribution in [-0.4, -0.2) is 25.7 Å². The van der Waals surface area contributed by atoms with Gasteiger partial charge in [-0.3, -0.25) is 14.3 Å². The predicted molar refractivity (Wildman–Crippen MR) is 97.3 cm³/mol. The maximum atomic E-state index is 13.3. The van der Waals surface area contributed by atoms with Crippen molar-refractivity contribution >= 4 is 17.7 Å². The van der Waals surface area contributed by atoms with Gasteiger partial charge in [-0.2, -0.15) is 0 Å². The van der Waals surface area contributed by atoms with Gasteiger partial charge in [-0.25, -0.2) is 4.39 Å². The first-order valence-corrected chi connectivity index (χ1v) is 9.14. The number of hydrogen-bond acceptors (Lipinski definition) is 5. The van der Waals surface area contributed by atoms with E-state index in [-0.39, 0.29) is 18.3 Å². The van der Waals surface area contributed by atoms with Crippen LogP contribution in [0.1, 0.15) is 24.7 Å². The Kier molecular flexibility index (Phi) is 5.96. The number of carbonyl (C=O) groups excluding carboxylic acids is 1. The maximum absolute atomic E-state index is 13.3. The van der Waals surface area contributed by atoms with Gasteiger partial charge < -0.3 is 5.32 Å². The van der Waals surface area contributed by atoms with Crippen LogP contribution >= 0.6 is 11.8 Å². The second-order valence-corrected chi connectivity index (χ2v) is 6.43. The van der Waals surface area contributed by atoms with Crippen molar-refractivity contribution in [2.75, 3.05) is 0 Å². The molecule has 0 radical (unpaired) electrons. The molecular weight excluding hydrogens is 353 g/mol. The molecule has 0 fully saturated rings. The molecule has 26 heavy (non-hydrogen) atoms. The third-order valence-corrected chi connectivity index (χ3v) is 4.67. The Bertz CT molecular complexity index is 867. The number of halogens is 1. The average molecular weight is 371 g/mol. The highest BCUT2D eigenvalue weighted by atomic mass is 32.2. The van der Waals surface area contributed by atoms with Gasteiger partial charge in [-0.15, -0.1) is 10.2 Å². The summed E-state index contributed by atoms with van der Waals surface area (Å²) in [5, 5.41) is 11.9. The third-order valence-electron chi connectivity index (χ3n) is 3.67. The molecular formula is C18H18FN5OS. The molecule has 1 N–H and O–H groups in total. The van der Waals surface area contributed by atoms with E-state index in [1.54, 1.807) is 31.5 Å². The van der Waals surface area contributed by atoms with E-state index in [0.29, 0.717) is 23.2 Å². The van der Waals surface area contributed by atoms with Crippen LogP contribution in [0.25, 0.3) is 5.69 Å². The van der Waals surface area contributed by atoms with Crippen molar-refractivity contribution in [3.05, 3.63) is 66.0 Å². The van der Waals surface area contributed by atoms with Gasteiger partial charge in [0.1, 0.15) is 5.82 Å². The quantitative estimate of drug-likeness (QED) is 0.646. The monoisotopic (exact) mass is 371 g/mol. The molecule has 1 amide bonds. The second-order valence-electron chi connectivity index (χ2n) is 5.49. The zero-order valence-electron chi connectivity index (χ0n) is 14.2. The van der Waals surface area contributed by atoms with E-state index >= 15 is 0 Å². The first kappa shape index (κ1) is 18.1. The molecule has 2 aromatic heterocycles. The van der Waals surface area contributed by atoms with Crippen LogP contribution in [0.15, 0.2) is 53.9 Å². The molecule has 0 aliphatic rings. The van der Waals surface area contributed by atoms with Gasteiger partial charge in [0.25, 0.3) is 0 Å². The topological polar surface area (TPSA) is 72.7 Å². The molecule has 134 valence electrons.